The van der Waals surface area contributed by atoms with Crippen LogP contribution in [-0.4, -0.2) is 28.5 Å². The number of carbonyl (C=O) groups is 3. The third kappa shape index (κ3) is 4.04. The second-order valence-electron chi connectivity index (χ2n) is 8.34. The Labute approximate surface area is 194 Å². The molecule has 1 aromatic heterocycles. The maximum atomic E-state index is 12.9. The minimum atomic E-state index is -0.161. The molecule has 1 N–H and O–H groups in total. The van der Waals surface area contributed by atoms with E-state index in [1.807, 2.05) is 43.3 Å². The fourth-order valence-corrected chi connectivity index (χ4v) is 6.37. The molecule has 1 saturated heterocycles. The highest BCUT2D eigenvalue weighted by Gasteiger charge is 2.48. The van der Waals surface area contributed by atoms with Gasteiger partial charge in [0, 0.05) is 5.69 Å². The van der Waals surface area contributed by atoms with Crippen molar-refractivity contribution in [3.05, 3.63) is 48.0 Å². The van der Waals surface area contributed by atoms with Gasteiger partial charge in [0.1, 0.15) is 0 Å². The fourth-order valence-electron chi connectivity index (χ4n) is 4.47. The lowest BCUT2D eigenvalue weighted by Crippen LogP contribution is -2.30. The van der Waals surface area contributed by atoms with E-state index in [1.165, 1.54) is 28.0 Å². The first-order valence-corrected chi connectivity index (χ1v) is 12.6. The average molecular weight is 466 g/mol. The van der Waals surface area contributed by atoms with Crippen LogP contribution in [0.1, 0.15) is 31.2 Å². The van der Waals surface area contributed by atoms with E-state index >= 15 is 0 Å². The molecule has 1 aliphatic heterocycles. The number of nitrogens with one attached hydrogen (secondary N) is 1. The summed E-state index contributed by atoms with van der Waals surface area (Å²) in [6.07, 6.45) is 3.64. The number of hydrogen-bond donors (Lipinski definition) is 1. The molecular formula is C24H23N3O3S2. The smallest absolute Gasteiger partial charge is 0.237 e. The van der Waals surface area contributed by atoms with E-state index in [4.69, 9.17) is 0 Å². The molecule has 0 bridgehead atoms. The number of thiazole rings is 1. The van der Waals surface area contributed by atoms with E-state index in [0.29, 0.717) is 5.69 Å². The van der Waals surface area contributed by atoms with Gasteiger partial charge in [0.05, 0.1) is 33.5 Å². The van der Waals surface area contributed by atoms with Gasteiger partial charge in [0.15, 0.2) is 4.34 Å². The van der Waals surface area contributed by atoms with Crippen molar-refractivity contribution in [1.29, 1.82) is 0 Å². The molecule has 0 unspecified atom stereocenters. The van der Waals surface area contributed by atoms with Crippen molar-refractivity contribution in [3.8, 4) is 0 Å². The van der Waals surface area contributed by atoms with Crippen LogP contribution in [0, 0.1) is 18.8 Å². The van der Waals surface area contributed by atoms with Crippen LogP contribution in [0.25, 0.3) is 10.2 Å². The number of rotatable bonds is 5. The topological polar surface area (TPSA) is 79.4 Å². The maximum Gasteiger partial charge on any atom is 0.237 e. The SMILES string of the molecule is Cc1ccc(NC(=O)CSc2nc3ccc(N4C(=O)[C@@H]5CCCC[C@H]5C4=O)cc3s2)cc1. The summed E-state index contributed by atoms with van der Waals surface area (Å²) in [6, 6.07) is 13.2. The van der Waals surface area contributed by atoms with Gasteiger partial charge < -0.3 is 5.32 Å². The lowest BCUT2D eigenvalue weighted by atomic mass is 9.81. The number of benzene rings is 2. The summed E-state index contributed by atoms with van der Waals surface area (Å²) in [5, 5.41) is 2.89. The molecule has 2 aromatic carbocycles. The molecule has 32 heavy (non-hydrogen) atoms. The normalized spacial score (nSPS) is 20.6. The molecule has 2 atom stereocenters. The third-order valence-corrected chi connectivity index (χ3v) is 8.27. The number of aryl methyl sites for hydroxylation is 1. The van der Waals surface area contributed by atoms with Gasteiger partial charge >= 0.3 is 0 Å². The summed E-state index contributed by atoms with van der Waals surface area (Å²) in [7, 11) is 0. The van der Waals surface area contributed by atoms with Crippen molar-refractivity contribution >= 4 is 62.4 Å². The molecule has 2 fully saturated rings. The quantitative estimate of drug-likeness (QED) is 0.423. The Kier molecular flexibility index (Phi) is 5.73. The second kappa shape index (κ2) is 8.67. The molecule has 2 aliphatic rings. The Morgan fingerprint density at radius 3 is 2.47 bits per heavy atom. The van der Waals surface area contributed by atoms with Crippen molar-refractivity contribution in [3.63, 3.8) is 0 Å². The largest absolute Gasteiger partial charge is 0.325 e. The van der Waals surface area contributed by atoms with Crippen LogP contribution in [0.3, 0.4) is 0 Å². The highest BCUT2D eigenvalue weighted by Crippen LogP contribution is 2.41. The van der Waals surface area contributed by atoms with Crippen LogP contribution in [0.4, 0.5) is 11.4 Å². The zero-order valence-corrected chi connectivity index (χ0v) is 19.3. The van der Waals surface area contributed by atoms with Gasteiger partial charge in [0.25, 0.3) is 0 Å². The fraction of sp³-hybridized carbons (Fsp3) is 0.333. The van der Waals surface area contributed by atoms with Gasteiger partial charge in [-0.3, -0.25) is 19.3 Å². The predicted octanol–water partition coefficient (Wildman–Crippen LogP) is 5.02. The van der Waals surface area contributed by atoms with Crippen LogP contribution in [0.15, 0.2) is 46.8 Å². The Hall–Kier alpha value is -2.71. The van der Waals surface area contributed by atoms with Crippen molar-refractivity contribution in [2.45, 2.75) is 36.9 Å². The number of anilines is 2. The van der Waals surface area contributed by atoms with Crippen molar-refractivity contribution < 1.29 is 14.4 Å². The molecule has 1 saturated carbocycles. The minimum absolute atomic E-state index is 0.0639. The summed E-state index contributed by atoms with van der Waals surface area (Å²) in [5.41, 5.74) is 3.34. The van der Waals surface area contributed by atoms with Gasteiger partial charge in [-0.15, -0.1) is 11.3 Å². The molecule has 164 valence electrons. The molecule has 5 rings (SSSR count). The molecule has 3 aromatic rings. The first-order chi connectivity index (χ1) is 15.5. The molecule has 8 heteroatoms. The van der Waals surface area contributed by atoms with E-state index in [-0.39, 0.29) is 35.3 Å². The van der Waals surface area contributed by atoms with E-state index < -0.39 is 0 Å². The van der Waals surface area contributed by atoms with Gasteiger partial charge in [0.2, 0.25) is 17.7 Å². The lowest BCUT2D eigenvalue weighted by molar-refractivity contribution is -0.122. The predicted molar refractivity (Wildman–Crippen MR) is 128 cm³/mol. The number of thioether (sulfide) groups is 1. The summed E-state index contributed by atoms with van der Waals surface area (Å²) < 4.78 is 1.68. The van der Waals surface area contributed by atoms with Crippen LogP contribution in [-0.2, 0) is 14.4 Å². The van der Waals surface area contributed by atoms with E-state index in [1.54, 1.807) is 6.07 Å². The molecule has 6 nitrogen and oxygen atoms in total. The minimum Gasteiger partial charge on any atom is -0.325 e. The van der Waals surface area contributed by atoms with Crippen molar-refractivity contribution in [2.75, 3.05) is 16.0 Å². The lowest BCUT2D eigenvalue weighted by Gasteiger charge is -2.19. The standard InChI is InChI=1S/C24H23N3O3S2/c1-14-6-8-15(9-7-14)25-21(28)13-31-24-26-19-11-10-16(12-20(19)32-24)27-22(29)17-4-2-3-5-18(17)23(27)30/h6-12,17-18H,2-5,13H2,1H3,(H,25,28)/t17-,18-/m1/s1. The molecule has 0 radical (unpaired) electrons. The van der Waals surface area contributed by atoms with Gasteiger partial charge in [-0.05, 0) is 50.1 Å². The maximum absolute atomic E-state index is 12.9. The first kappa shape index (κ1) is 21.2. The van der Waals surface area contributed by atoms with Crippen LogP contribution >= 0.6 is 23.1 Å². The van der Waals surface area contributed by atoms with Gasteiger partial charge in [-0.2, -0.15) is 0 Å². The van der Waals surface area contributed by atoms with E-state index in [0.717, 1.165) is 51.5 Å². The van der Waals surface area contributed by atoms with E-state index in [2.05, 4.69) is 10.3 Å². The van der Waals surface area contributed by atoms with Crippen LogP contribution in [0.5, 0.6) is 0 Å². The number of carbonyl (C=O) groups excluding carboxylic acids is 3. The summed E-state index contributed by atoms with van der Waals surface area (Å²) >= 11 is 2.85. The number of nitrogens with zero attached hydrogens (tertiary/aromatic N) is 2. The Morgan fingerprint density at radius 2 is 1.78 bits per heavy atom. The highest BCUT2D eigenvalue weighted by atomic mass is 32.2. The summed E-state index contributed by atoms with van der Waals surface area (Å²) in [6.45, 7) is 2.00. The van der Waals surface area contributed by atoms with Gasteiger partial charge in [-0.25, -0.2) is 4.98 Å². The van der Waals surface area contributed by atoms with Crippen molar-refractivity contribution in [1.82, 2.24) is 4.98 Å². The molecule has 1 aliphatic carbocycles. The molecule has 2 heterocycles. The molecular weight excluding hydrogens is 442 g/mol. The van der Waals surface area contributed by atoms with Gasteiger partial charge in [-0.1, -0.05) is 42.3 Å². The Morgan fingerprint density at radius 1 is 1.09 bits per heavy atom. The van der Waals surface area contributed by atoms with Crippen LogP contribution in [0.2, 0.25) is 0 Å². The highest BCUT2D eigenvalue weighted by molar-refractivity contribution is 8.01. The molecule has 3 amide bonds. The number of fused-ring (bicyclic) bond motifs is 2. The zero-order chi connectivity index (χ0) is 22.2. The number of hydrogen-bond acceptors (Lipinski definition) is 6. The monoisotopic (exact) mass is 465 g/mol. The molecule has 0 spiro atoms. The number of imide groups is 1. The first-order valence-electron chi connectivity index (χ1n) is 10.8. The number of amides is 3. The number of aromatic nitrogens is 1. The Bertz CT molecular complexity index is 1180. The zero-order valence-electron chi connectivity index (χ0n) is 17.7. The van der Waals surface area contributed by atoms with Crippen molar-refractivity contribution in [2.24, 2.45) is 11.8 Å². The van der Waals surface area contributed by atoms with Crippen LogP contribution < -0.4 is 10.2 Å². The van der Waals surface area contributed by atoms with E-state index in [9.17, 15) is 14.4 Å². The second-order valence-corrected chi connectivity index (χ2v) is 10.6. The summed E-state index contributed by atoms with van der Waals surface area (Å²) in [4.78, 5) is 44.0. The Balaban J connectivity index is 1.28. The third-order valence-electron chi connectivity index (χ3n) is 6.11. The summed E-state index contributed by atoms with van der Waals surface area (Å²) in [5.74, 6) is -0.280. The average Bonchev–Trinajstić information content (AvgIpc) is 3.32.